The summed E-state index contributed by atoms with van der Waals surface area (Å²) in [5.41, 5.74) is 5.55. The molecule has 2 aliphatic rings. The average Bonchev–Trinajstić information content (AvgIpc) is 3.23. The number of fused-ring (bicyclic) bond motifs is 2. The van der Waals surface area contributed by atoms with Crippen LogP contribution in [0.5, 0.6) is 0 Å². The standard InChI is InChI=1S/C17H17ClN4O3S.K/c18-14-7-8-15(21-20-14)26(24,25)22-17(23)19-16-12-5-1-3-10(12)9-11-4-2-6-13(11)16;/h7-9H,1-6H2,(H2,19,22,23);. The molecule has 27 heavy (non-hydrogen) atoms. The van der Waals surface area contributed by atoms with Crippen LogP contribution in [0, 0.1) is 0 Å². The number of carbonyl (C=O) groups excluding carboxylic acids is 1. The molecule has 0 saturated heterocycles. The van der Waals surface area contributed by atoms with Crippen LogP contribution in [-0.4, -0.2) is 76.0 Å². The molecule has 0 atom stereocenters. The van der Waals surface area contributed by atoms with E-state index in [1.807, 2.05) is 4.72 Å². The molecule has 4 rings (SSSR count). The van der Waals surface area contributed by atoms with Crippen molar-refractivity contribution >= 4 is 84.7 Å². The fourth-order valence-corrected chi connectivity index (χ4v) is 4.62. The molecule has 0 spiro atoms. The van der Waals surface area contributed by atoms with E-state index in [4.69, 9.17) is 11.6 Å². The van der Waals surface area contributed by atoms with E-state index in [9.17, 15) is 13.2 Å². The van der Waals surface area contributed by atoms with Gasteiger partial charge in [-0.25, -0.2) is 9.52 Å². The smallest absolute Gasteiger partial charge is 0.307 e. The molecule has 137 valence electrons. The van der Waals surface area contributed by atoms with Gasteiger partial charge in [-0.05, 0) is 72.9 Å². The van der Waals surface area contributed by atoms with Gasteiger partial charge in [0.25, 0.3) is 10.0 Å². The van der Waals surface area contributed by atoms with Gasteiger partial charge in [0.2, 0.25) is 0 Å². The molecular weight excluding hydrogens is 415 g/mol. The number of nitrogens with one attached hydrogen (secondary N) is 2. The SMILES string of the molecule is O=C(Nc1c2c(cc3c1CCC3)CCC2)NS(=O)(=O)c1ccc(Cl)nn1.[K]. The predicted molar refractivity (Wildman–Crippen MR) is 103 cm³/mol. The number of urea groups is 1. The Bertz CT molecular complexity index is 964. The summed E-state index contributed by atoms with van der Waals surface area (Å²) in [5, 5.41) is 9.50. The maximum absolute atomic E-state index is 12.4. The van der Waals surface area contributed by atoms with E-state index in [0.29, 0.717) is 0 Å². The van der Waals surface area contributed by atoms with Crippen LogP contribution in [0.4, 0.5) is 10.5 Å². The molecule has 0 bridgehead atoms. The van der Waals surface area contributed by atoms with Crippen molar-refractivity contribution in [3.63, 3.8) is 0 Å². The van der Waals surface area contributed by atoms with Crippen molar-refractivity contribution < 1.29 is 13.2 Å². The van der Waals surface area contributed by atoms with Gasteiger partial charge in [-0.3, -0.25) is 0 Å². The largest absolute Gasteiger partial charge is 0.333 e. The summed E-state index contributed by atoms with van der Waals surface area (Å²) < 4.78 is 26.6. The second-order valence-electron chi connectivity index (χ2n) is 6.49. The number of hydrogen-bond donors (Lipinski definition) is 2. The summed E-state index contributed by atoms with van der Waals surface area (Å²) in [6.45, 7) is 0. The van der Waals surface area contributed by atoms with Crippen LogP contribution in [0.15, 0.2) is 23.2 Å². The maximum Gasteiger partial charge on any atom is 0.333 e. The summed E-state index contributed by atoms with van der Waals surface area (Å²) in [6.07, 6.45) is 5.89. The minimum absolute atomic E-state index is 0. The number of carbonyl (C=O) groups is 1. The Morgan fingerprint density at radius 1 is 1.00 bits per heavy atom. The molecule has 1 heterocycles. The number of sulfonamides is 1. The summed E-state index contributed by atoms with van der Waals surface area (Å²) >= 11 is 5.61. The van der Waals surface area contributed by atoms with E-state index < -0.39 is 16.1 Å². The van der Waals surface area contributed by atoms with Crippen LogP contribution in [0.2, 0.25) is 5.15 Å². The maximum atomic E-state index is 12.4. The Balaban J connectivity index is 0.00000210. The number of amides is 2. The van der Waals surface area contributed by atoms with Crippen molar-refractivity contribution in [3.05, 3.63) is 45.6 Å². The van der Waals surface area contributed by atoms with Gasteiger partial charge in [0.05, 0.1) is 0 Å². The number of rotatable bonds is 3. The minimum Gasteiger partial charge on any atom is -0.307 e. The summed E-state index contributed by atoms with van der Waals surface area (Å²) in [6, 6.07) is 3.95. The fourth-order valence-electron chi connectivity index (χ4n) is 3.73. The first-order valence-electron chi connectivity index (χ1n) is 8.43. The van der Waals surface area contributed by atoms with Crippen LogP contribution in [0.3, 0.4) is 0 Å². The van der Waals surface area contributed by atoms with Gasteiger partial charge in [0.15, 0.2) is 10.2 Å². The number of halogens is 1. The molecule has 2 N–H and O–H groups in total. The number of anilines is 1. The molecular formula is C17H17ClKN4O3S. The Morgan fingerprint density at radius 3 is 2.19 bits per heavy atom. The van der Waals surface area contributed by atoms with Crippen molar-refractivity contribution in [1.82, 2.24) is 14.9 Å². The topological polar surface area (TPSA) is 101 Å². The molecule has 0 fully saturated rings. The van der Waals surface area contributed by atoms with Gasteiger partial charge in [0.1, 0.15) is 0 Å². The zero-order valence-corrected chi connectivity index (χ0v) is 19.6. The van der Waals surface area contributed by atoms with Crippen LogP contribution in [0.1, 0.15) is 35.1 Å². The molecule has 2 aromatic rings. The predicted octanol–water partition coefficient (Wildman–Crippen LogP) is 2.24. The molecule has 10 heteroatoms. The Kier molecular flexibility index (Phi) is 6.62. The third-order valence-electron chi connectivity index (χ3n) is 4.82. The molecule has 2 amide bonds. The van der Waals surface area contributed by atoms with Gasteiger partial charge < -0.3 is 5.32 Å². The number of hydrogen-bond acceptors (Lipinski definition) is 5. The van der Waals surface area contributed by atoms with E-state index >= 15 is 0 Å². The second kappa shape index (κ2) is 8.44. The fraction of sp³-hybridized carbons (Fsp3) is 0.353. The van der Waals surface area contributed by atoms with Crippen LogP contribution < -0.4 is 10.0 Å². The normalized spacial score (nSPS) is 14.9. The van der Waals surface area contributed by atoms with Crippen LogP contribution in [0.25, 0.3) is 0 Å². The molecule has 0 aliphatic heterocycles. The summed E-state index contributed by atoms with van der Waals surface area (Å²) in [4.78, 5) is 12.4. The van der Waals surface area contributed by atoms with Crippen molar-refractivity contribution in [2.45, 2.75) is 43.6 Å². The first-order chi connectivity index (χ1) is 12.4. The molecule has 1 radical (unpaired) electrons. The second-order valence-corrected chi connectivity index (χ2v) is 8.50. The van der Waals surface area contributed by atoms with Gasteiger partial charge in [-0.1, -0.05) is 17.7 Å². The van der Waals surface area contributed by atoms with Crippen LogP contribution >= 0.6 is 11.6 Å². The quantitative estimate of drug-likeness (QED) is 0.726. The van der Waals surface area contributed by atoms with Gasteiger partial charge >= 0.3 is 6.03 Å². The monoisotopic (exact) mass is 431 g/mol. The van der Waals surface area contributed by atoms with Crippen molar-refractivity contribution in [2.75, 3.05) is 5.32 Å². The van der Waals surface area contributed by atoms with Gasteiger partial charge in [-0.2, -0.15) is 8.42 Å². The molecule has 0 unspecified atom stereocenters. The minimum atomic E-state index is -4.12. The zero-order valence-electron chi connectivity index (χ0n) is 14.9. The molecule has 1 aromatic carbocycles. The first-order valence-corrected chi connectivity index (χ1v) is 10.3. The van der Waals surface area contributed by atoms with E-state index in [1.165, 1.54) is 23.3 Å². The van der Waals surface area contributed by atoms with E-state index in [0.717, 1.165) is 55.3 Å². The average molecular weight is 432 g/mol. The van der Waals surface area contributed by atoms with Crippen molar-refractivity contribution in [2.24, 2.45) is 0 Å². The Labute approximate surface area is 205 Å². The van der Waals surface area contributed by atoms with Crippen molar-refractivity contribution in [1.29, 1.82) is 0 Å². The number of nitrogens with zero attached hydrogens (tertiary/aromatic N) is 2. The number of aryl methyl sites for hydroxylation is 2. The summed E-state index contributed by atoms with van der Waals surface area (Å²) in [7, 11) is -4.12. The van der Waals surface area contributed by atoms with Crippen molar-refractivity contribution in [3.8, 4) is 0 Å². The van der Waals surface area contributed by atoms with E-state index in [1.54, 1.807) is 0 Å². The third kappa shape index (κ3) is 4.39. The molecule has 7 nitrogen and oxygen atoms in total. The van der Waals surface area contributed by atoms with Crippen LogP contribution in [-0.2, 0) is 35.7 Å². The molecule has 1 aromatic heterocycles. The molecule has 0 saturated carbocycles. The first kappa shape index (κ1) is 21.2. The summed E-state index contributed by atoms with van der Waals surface area (Å²) in [5.74, 6) is 0. The molecule has 2 aliphatic carbocycles. The van der Waals surface area contributed by atoms with Gasteiger partial charge in [-0.15, -0.1) is 10.2 Å². The Morgan fingerprint density at radius 2 is 1.63 bits per heavy atom. The zero-order chi connectivity index (χ0) is 18.3. The van der Waals surface area contributed by atoms with Gasteiger partial charge in [0, 0.05) is 57.1 Å². The third-order valence-corrected chi connectivity index (χ3v) is 6.25. The van der Waals surface area contributed by atoms with E-state index in [2.05, 4.69) is 21.6 Å². The number of aromatic nitrogens is 2. The van der Waals surface area contributed by atoms with E-state index in [-0.39, 0.29) is 61.6 Å². The Hall–Kier alpha value is -0.554. The number of benzene rings is 1.